The Morgan fingerprint density at radius 3 is 1.53 bits per heavy atom. The zero-order valence-electron chi connectivity index (χ0n) is 30.1. The molecule has 0 aliphatic rings. The SMILES string of the molecule is Cc1cccc(C)c1Nc1cc(-c2ccccc2)[n+](-c2c(C)cccc2C)c(/C=C/c2ccccc2)[b-]1-c1c(C(F)(F)F)cc(C(F)(F)F)cc1C(F)(F)F. The lowest BCUT2D eigenvalue weighted by Crippen LogP contribution is -2.43. The molecule has 0 fully saturated rings. The van der Waals surface area contributed by atoms with Crippen LogP contribution >= 0.6 is 0 Å². The molecule has 1 heterocycles. The number of rotatable bonds is 7. The van der Waals surface area contributed by atoms with E-state index in [2.05, 4.69) is 5.32 Å². The maximum absolute atomic E-state index is 15.3. The summed E-state index contributed by atoms with van der Waals surface area (Å²) in [5.41, 5.74) is -2.66. The Morgan fingerprint density at radius 1 is 0.545 bits per heavy atom. The first-order chi connectivity index (χ1) is 25.9. The largest absolute Gasteiger partial charge is 0.416 e. The van der Waals surface area contributed by atoms with E-state index >= 15 is 26.3 Å². The second-order valence-electron chi connectivity index (χ2n) is 13.4. The highest BCUT2D eigenvalue weighted by Crippen LogP contribution is 2.47. The van der Waals surface area contributed by atoms with Crippen molar-refractivity contribution in [2.45, 2.75) is 46.2 Å². The third kappa shape index (κ3) is 8.09. The van der Waals surface area contributed by atoms with Gasteiger partial charge in [-0.05, 0) is 80.8 Å². The molecule has 5 aromatic carbocycles. The zero-order valence-corrected chi connectivity index (χ0v) is 30.1. The van der Waals surface area contributed by atoms with Crippen molar-refractivity contribution >= 4 is 29.8 Å². The molecule has 0 saturated carbocycles. The number of nitrogens with zero attached hydrogens (tertiary/aromatic N) is 1. The molecule has 12 heteroatoms. The Labute approximate surface area is 312 Å². The van der Waals surface area contributed by atoms with E-state index in [0.717, 1.165) is 0 Å². The summed E-state index contributed by atoms with van der Waals surface area (Å²) < 4.78 is 136. The van der Waals surface area contributed by atoms with Gasteiger partial charge in [0, 0.05) is 45.4 Å². The Morgan fingerprint density at radius 2 is 1.04 bits per heavy atom. The number of para-hydroxylation sites is 2. The molecule has 282 valence electrons. The second kappa shape index (κ2) is 14.9. The molecule has 0 aliphatic heterocycles. The number of aromatic nitrogens is 1. The molecular weight excluding hydrogens is 726 g/mol. The van der Waals surface area contributed by atoms with Gasteiger partial charge in [-0.25, -0.2) is 0 Å². The van der Waals surface area contributed by atoms with Crippen LogP contribution < -0.4 is 9.88 Å². The van der Waals surface area contributed by atoms with E-state index in [1.165, 1.54) is 12.1 Å². The topological polar surface area (TPSA) is 15.9 Å². The van der Waals surface area contributed by atoms with Gasteiger partial charge in [-0.2, -0.15) is 49.5 Å². The molecule has 1 aromatic heterocycles. The van der Waals surface area contributed by atoms with Gasteiger partial charge in [0.05, 0.1) is 5.56 Å². The van der Waals surface area contributed by atoms with Gasteiger partial charge in [0.25, 0.3) is 0 Å². The molecule has 0 spiro atoms. The average Bonchev–Trinajstić information content (AvgIpc) is 3.11. The fourth-order valence-electron chi connectivity index (χ4n) is 7.03. The van der Waals surface area contributed by atoms with Crippen LogP contribution in [0.25, 0.3) is 34.6 Å². The van der Waals surface area contributed by atoms with E-state index in [4.69, 9.17) is 0 Å². The number of aryl methyl sites for hydroxylation is 4. The minimum Gasteiger partial charge on any atom is -0.397 e. The van der Waals surface area contributed by atoms with Crippen molar-refractivity contribution in [2.24, 2.45) is 0 Å². The Balaban J connectivity index is 1.95. The third-order valence-electron chi connectivity index (χ3n) is 9.53. The summed E-state index contributed by atoms with van der Waals surface area (Å²) in [5, 5.41) is 3.20. The molecule has 0 atom stereocenters. The van der Waals surface area contributed by atoms with Crippen LogP contribution in [0.3, 0.4) is 0 Å². The van der Waals surface area contributed by atoms with E-state index in [9.17, 15) is 13.2 Å². The van der Waals surface area contributed by atoms with Crippen LogP contribution in [0.2, 0.25) is 0 Å². The second-order valence-corrected chi connectivity index (χ2v) is 13.4. The highest BCUT2D eigenvalue weighted by molar-refractivity contribution is 6.75. The highest BCUT2D eigenvalue weighted by Gasteiger charge is 2.43. The first kappa shape index (κ1) is 39.1. The molecule has 6 aromatic rings. The lowest BCUT2D eigenvalue weighted by atomic mass is 9.51. The predicted octanol–water partition coefficient (Wildman–Crippen LogP) is 12.8. The van der Waals surface area contributed by atoms with Crippen LogP contribution in [-0.2, 0) is 18.5 Å². The minimum atomic E-state index is -5.64. The van der Waals surface area contributed by atoms with Gasteiger partial charge in [0.2, 0.25) is 11.4 Å². The van der Waals surface area contributed by atoms with E-state index in [0.29, 0.717) is 50.4 Å². The molecule has 6 rings (SSSR count). The fourth-order valence-corrected chi connectivity index (χ4v) is 7.03. The van der Waals surface area contributed by atoms with Crippen molar-refractivity contribution in [1.29, 1.82) is 0 Å². The number of halogens is 9. The van der Waals surface area contributed by atoms with Crippen LogP contribution in [-0.4, -0.2) is 6.34 Å². The van der Waals surface area contributed by atoms with E-state index < -0.39 is 47.0 Å². The molecule has 0 saturated heterocycles. The number of hydrogen-bond donors (Lipinski definition) is 1. The van der Waals surface area contributed by atoms with Gasteiger partial charge in [-0.15, -0.1) is 5.58 Å². The average molecular weight is 761 g/mol. The maximum Gasteiger partial charge on any atom is 0.416 e. The number of hydrogen-bond acceptors (Lipinski definition) is 1. The molecule has 0 radical (unpaired) electrons. The number of alkyl halides is 9. The van der Waals surface area contributed by atoms with Gasteiger partial charge in [0.1, 0.15) is 0 Å². The number of anilines is 2. The van der Waals surface area contributed by atoms with Gasteiger partial charge in [-0.3, -0.25) is 0 Å². The minimum absolute atomic E-state index is 0.0629. The molecule has 2 nitrogen and oxygen atoms in total. The summed E-state index contributed by atoms with van der Waals surface area (Å²) in [6.45, 7) is 7.01. The van der Waals surface area contributed by atoms with Gasteiger partial charge < -0.3 is 5.32 Å². The lowest BCUT2D eigenvalue weighted by Gasteiger charge is -2.32. The standard InChI is InChI=1S/C43H33BF9N2/c1-26-13-11-14-27(2)39(26)54-36-25-35(31-19-9-6-10-20-31)55(40-28(3)15-12-16-29(40)4)37(22-21-30-17-7-5-8-18-30)44(36)38-33(42(48,49)50)23-32(41(45,46)47)24-34(38)43(51,52)53/h5-25H,1-4H3/q-1/p+1/b22-21+. The monoisotopic (exact) mass is 760 g/mol. The number of benzene rings is 5. The van der Waals surface area contributed by atoms with E-state index in [1.54, 1.807) is 135 Å². The fraction of sp³-hybridized carbons (Fsp3) is 0.163. The van der Waals surface area contributed by atoms with Crippen molar-refractivity contribution in [3.63, 3.8) is 0 Å². The van der Waals surface area contributed by atoms with Crippen molar-refractivity contribution in [3.8, 4) is 22.4 Å². The van der Waals surface area contributed by atoms with Crippen LogP contribution in [0.4, 0.5) is 50.8 Å². The van der Waals surface area contributed by atoms with Crippen molar-refractivity contribution < 1.29 is 44.1 Å². The van der Waals surface area contributed by atoms with Crippen molar-refractivity contribution in [3.05, 3.63) is 165 Å². The summed E-state index contributed by atoms with van der Waals surface area (Å²) in [6, 6.07) is 29.0. The Kier molecular flexibility index (Phi) is 10.6. The molecule has 55 heavy (non-hydrogen) atoms. The molecule has 0 unspecified atom stereocenters. The lowest BCUT2D eigenvalue weighted by molar-refractivity contribution is -0.583. The van der Waals surface area contributed by atoms with Crippen LogP contribution in [0, 0.1) is 27.7 Å². The Bertz CT molecular complexity index is 2320. The summed E-state index contributed by atoms with van der Waals surface area (Å²) >= 11 is 0. The predicted molar refractivity (Wildman–Crippen MR) is 200 cm³/mol. The zero-order chi connectivity index (χ0) is 39.9. The highest BCUT2D eigenvalue weighted by atomic mass is 19.4. The first-order valence-electron chi connectivity index (χ1n) is 17.2. The number of nitrogens with one attached hydrogen (secondary N) is 1. The maximum atomic E-state index is 15.3. The van der Waals surface area contributed by atoms with E-state index in [1.807, 2.05) is 0 Å². The molecule has 1 N–H and O–H groups in total. The summed E-state index contributed by atoms with van der Waals surface area (Å²) in [7, 11) is 0. The third-order valence-corrected chi connectivity index (χ3v) is 9.53. The molecule has 0 bridgehead atoms. The molecule has 0 aliphatic carbocycles. The van der Waals surface area contributed by atoms with E-state index in [-0.39, 0.29) is 23.3 Å². The quantitative estimate of drug-likeness (QED) is 0.127. The van der Waals surface area contributed by atoms with Crippen LogP contribution in [0.1, 0.15) is 50.1 Å². The summed E-state index contributed by atoms with van der Waals surface area (Å²) in [4.78, 5) is 0. The van der Waals surface area contributed by atoms with Gasteiger partial charge >= 0.3 is 18.5 Å². The Hall–Kier alpha value is -5.65. The van der Waals surface area contributed by atoms with Gasteiger partial charge in [-0.1, -0.05) is 91.0 Å². The smallest absolute Gasteiger partial charge is 0.397 e. The van der Waals surface area contributed by atoms with Gasteiger partial charge in [0.15, 0.2) is 0 Å². The first-order valence-corrected chi connectivity index (χ1v) is 17.2. The summed E-state index contributed by atoms with van der Waals surface area (Å²) in [6.07, 6.45) is -15.7. The summed E-state index contributed by atoms with van der Waals surface area (Å²) in [5.74, 6) is 0. The van der Waals surface area contributed by atoms with Crippen molar-refractivity contribution in [2.75, 3.05) is 5.32 Å². The van der Waals surface area contributed by atoms with Crippen LogP contribution in [0.5, 0.6) is 0 Å². The van der Waals surface area contributed by atoms with Crippen molar-refractivity contribution in [1.82, 2.24) is 0 Å². The molecule has 0 amide bonds. The van der Waals surface area contributed by atoms with Crippen LogP contribution in [0.15, 0.2) is 115 Å². The normalized spacial score (nSPS) is 12.4. The molecular formula is C43H34BF9N2.